The zero-order valence-electron chi connectivity index (χ0n) is 17.5. The topological polar surface area (TPSA) is 102 Å². The molecule has 1 aliphatic rings. The number of carbonyl (C=O) groups is 2. The van der Waals surface area contributed by atoms with Gasteiger partial charge in [0.05, 0.1) is 22.9 Å². The lowest BCUT2D eigenvalue weighted by Gasteiger charge is -2.26. The minimum absolute atomic E-state index is 0.166. The van der Waals surface area contributed by atoms with Crippen LogP contribution >= 0.6 is 0 Å². The van der Waals surface area contributed by atoms with Gasteiger partial charge in [0.15, 0.2) is 6.61 Å². The van der Waals surface area contributed by atoms with Crippen molar-refractivity contribution in [2.45, 2.75) is 42.8 Å². The predicted octanol–water partition coefficient (Wildman–Crippen LogP) is 3.11. The summed E-state index contributed by atoms with van der Waals surface area (Å²) in [7, 11) is -4.25. The molecule has 2 aromatic rings. The molecule has 7 nitrogen and oxygen atoms in total. The molecule has 178 valence electrons. The summed E-state index contributed by atoms with van der Waals surface area (Å²) >= 11 is 0. The van der Waals surface area contributed by atoms with E-state index in [0.29, 0.717) is 6.07 Å². The number of ether oxygens (including phenoxy) is 1. The Labute approximate surface area is 189 Å². The maximum atomic E-state index is 12.8. The van der Waals surface area contributed by atoms with Gasteiger partial charge in [-0.1, -0.05) is 30.3 Å². The number of aryl methyl sites for hydroxylation is 1. The van der Waals surface area contributed by atoms with Gasteiger partial charge in [0.25, 0.3) is 5.91 Å². The fourth-order valence-corrected chi connectivity index (χ4v) is 4.65. The van der Waals surface area contributed by atoms with E-state index < -0.39 is 58.1 Å². The number of amides is 1. The monoisotopic (exact) mass is 484 g/mol. The quantitative estimate of drug-likeness (QED) is 0.561. The molecule has 0 fully saturated rings. The van der Waals surface area contributed by atoms with Crippen molar-refractivity contribution < 1.29 is 35.9 Å². The largest absolute Gasteiger partial charge is 0.456 e. The Morgan fingerprint density at radius 1 is 1.09 bits per heavy atom. The summed E-state index contributed by atoms with van der Waals surface area (Å²) in [6.45, 7) is -0.910. The number of esters is 1. The van der Waals surface area contributed by atoms with E-state index in [1.807, 2.05) is 24.3 Å². The molecule has 33 heavy (non-hydrogen) atoms. The van der Waals surface area contributed by atoms with Crippen molar-refractivity contribution in [3.63, 3.8) is 0 Å². The summed E-state index contributed by atoms with van der Waals surface area (Å²) in [4.78, 5) is 23.5. The summed E-state index contributed by atoms with van der Waals surface area (Å²) in [6.07, 6.45) is -2.44. The molecule has 2 N–H and O–H groups in total. The third kappa shape index (κ3) is 6.78. The first kappa shape index (κ1) is 24.7. The molecule has 1 amide bonds. The van der Waals surface area contributed by atoms with Gasteiger partial charge in [-0.3, -0.25) is 9.59 Å². The van der Waals surface area contributed by atoms with Crippen molar-refractivity contribution in [2.75, 3.05) is 13.2 Å². The number of hydrogen-bond acceptors (Lipinski definition) is 5. The highest BCUT2D eigenvalue weighted by atomic mass is 32.2. The van der Waals surface area contributed by atoms with Crippen LogP contribution in [0.5, 0.6) is 0 Å². The Morgan fingerprint density at radius 3 is 2.61 bits per heavy atom. The molecule has 1 atom stereocenters. The van der Waals surface area contributed by atoms with Crippen molar-refractivity contribution in [1.82, 2.24) is 10.0 Å². The lowest BCUT2D eigenvalue weighted by Crippen LogP contribution is -2.34. The molecular weight excluding hydrogens is 461 g/mol. The second kappa shape index (κ2) is 10.3. The van der Waals surface area contributed by atoms with Crippen LogP contribution < -0.4 is 10.0 Å². The highest BCUT2D eigenvalue weighted by Gasteiger charge is 2.31. The smallest absolute Gasteiger partial charge is 0.416 e. The molecule has 0 saturated carbocycles. The third-order valence-corrected chi connectivity index (χ3v) is 6.62. The van der Waals surface area contributed by atoms with Crippen molar-refractivity contribution in [3.8, 4) is 0 Å². The molecule has 2 aromatic carbocycles. The lowest BCUT2D eigenvalue weighted by molar-refractivity contribution is -0.148. The summed E-state index contributed by atoms with van der Waals surface area (Å²) < 4.78 is 69.6. The van der Waals surface area contributed by atoms with Gasteiger partial charge in [-0.25, -0.2) is 13.1 Å². The highest BCUT2D eigenvalue weighted by molar-refractivity contribution is 7.89. The second-order valence-corrected chi connectivity index (χ2v) is 9.31. The van der Waals surface area contributed by atoms with E-state index in [2.05, 4.69) is 10.0 Å². The molecule has 3 rings (SSSR count). The van der Waals surface area contributed by atoms with Crippen LogP contribution in [0.25, 0.3) is 0 Å². The van der Waals surface area contributed by atoms with Crippen LogP contribution in [0.4, 0.5) is 13.2 Å². The number of alkyl halides is 3. The minimum atomic E-state index is -4.68. The molecule has 1 aliphatic carbocycles. The third-order valence-electron chi connectivity index (χ3n) is 5.16. The van der Waals surface area contributed by atoms with E-state index >= 15 is 0 Å². The average molecular weight is 484 g/mol. The SMILES string of the molecule is O=C(COC(=O)CCNS(=O)(=O)c1cccc(C(F)(F)F)c1)N[C@H]1CCCc2ccccc21. The summed E-state index contributed by atoms with van der Waals surface area (Å²) in [5.74, 6) is -1.30. The number of halogens is 3. The van der Waals surface area contributed by atoms with Crippen molar-refractivity contribution in [1.29, 1.82) is 0 Å². The molecule has 0 unspecified atom stereocenters. The van der Waals surface area contributed by atoms with E-state index in [0.717, 1.165) is 43.0 Å². The van der Waals surface area contributed by atoms with E-state index in [1.54, 1.807) is 0 Å². The Hall–Kier alpha value is -2.92. The minimum Gasteiger partial charge on any atom is -0.456 e. The lowest BCUT2D eigenvalue weighted by atomic mass is 9.88. The average Bonchev–Trinajstić information content (AvgIpc) is 2.77. The maximum absolute atomic E-state index is 12.8. The number of hydrogen-bond donors (Lipinski definition) is 2. The summed E-state index contributed by atoms with van der Waals surface area (Å²) in [6, 6.07) is 10.9. The van der Waals surface area contributed by atoms with Gasteiger partial charge in [0.2, 0.25) is 10.0 Å². The fourth-order valence-electron chi connectivity index (χ4n) is 3.57. The molecule has 0 bridgehead atoms. The molecular formula is C22H23F3N2O5S. The molecule has 11 heteroatoms. The van der Waals surface area contributed by atoms with Crippen molar-refractivity contribution in [2.24, 2.45) is 0 Å². The van der Waals surface area contributed by atoms with Gasteiger partial charge in [-0.15, -0.1) is 0 Å². The van der Waals surface area contributed by atoms with Crippen LogP contribution in [0.15, 0.2) is 53.4 Å². The van der Waals surface area contributed by atoms with E-state index in [9.17, 15) is 31.2 Å². The molecule has 0 aromatic heterocycles. The highest BCUT2D eigenvalue weighted by Crippen LogP contribution is 2.31. The Balaban J connectivity index is 1.44. The van der Waals surface area contributed by atoms with E-state index in [4.69, 9.17) is 4.74 Å². The molecule has 0 aliphatic heterocycles. The first-order valence-electron chi connectivity index (χ1n) is 10.3. The first-order valence-corrected chi connectivity index (χ1v) is 11.7. The number of nitrogens with one attached hydrogen (secondary N) is 2. The summed E-state index contributed by atoms with van der Waals surface area (Å²) in [5, 5.41) is 2.83. The standard InChI is InChI=1S/C22H23F3N2O5S/c23-22(24,25)16-7-4-8-17(13-16)33(30,31)26-12-11-21(29)32-14-20(28)27-19-10-3-6-15-5-1-2-9-18(15)19/h1-2,4-5,7-9,13,19,26H,3,6,10-12,14H2,(H,27,28)/t19-/m0/s1. The van der Waals surface area contributed by atoms with Gasteiger partial charge in [-0.05, 0) is 48.6 Å². The Morgan fingerprint density at radius 2 is 1.85 bits per heavy atom. The van der Waals surface area contributed by atoms with Gasteiger partial charge in [0.1, 0.15) is 0 Å². The number of rotatable bonds is 8. The van der Waals surface area contributed by atoms with Gasteiger partial charge in [0, 0.05) is 6.54 Å². The van der Waals surface area contributed by atoms with Gasteiger partial charge < -0.3 is 10.1 Å². The first-order chi connectivity index (χ1) is 15.6. The Bertz CT molecular complexity index is 1120. The zero-order chi connectivity index (χ0) is 24.1. The predicted molar refractivity (Wildman–Crippen MR) is 112 cm³/mol. The molecule has 0 spiro atoms. The number of benzene rings is 2. The number of carbonyl (C=O) groups excluding carboxylic acids is 2. The van der Waals surface area contributed by atoms with Crippen molar-refractivity contribution >= 4 is 21.9 Å². The van der Waals surface area contributed by atoms with Gasteiger partial charge in [-0.2, -0.15) is 13.2 Å². The normalized spacial score (nSPS) is 16.0. The van der Waals surface area contributed by atoms with Crippen molar-refractivity contribution in [3.05, 3.63) is 65.2 Å². The second-order valence-electron chi connectivity index (χ2n) is 7.55. The van der Waals surface area contributed by atoms with Crippen LogP contribution in [0.3, 0.4) is 0 Å². The molecule has 0 heterocycles. The Kier molecular flexibility index (Phi) is 7.75. The number of sulfonamides is 1. The number of fused-ring (bicyclic) bond motifs is 1. The van der Waals surface area contributed by atoms with E-state index in [1.165, 1.54) is 5.56 Å². The van der Waals surface area contributed by atoms with Crippen LogP contribution in [0.2, 0.25) is 0 Å². The van der Waals surface area contributed by atoms with Crippen LogP contribution in [0.1, 0.15) is 42.0 Å². The van der Waals surface area contributed by atoms with Crippen LogP contribution in [0, 0.1) is 0 Å². The van der Waals surface area contributed by atoms with Gasteiger partial charge >= 0.3 is 12.1 Å². The van der Waals surface area contributed by atoms with Crippen LogP contribution in [-0.4, -0.2) is 33.4 Å². The molecule has 0 radical (unpaired) electrons. The fraction of sp³-hybridized carbons (Fsp3) is 0.364. The van der Waals surface area contributed by atoms with Crippen LogP contribution in [-0.2, 0) is 36.9 Å². The maximum Gasteiger partial charge on any atom is 0.416 e. The zero-order valence-corrected chi connectivity index (χ0v) is 18.3. The molecule has 0 saturated heterocycles. The van der Waals surface area contributed by atoms with E-state index in [-0.39, 0.29) is 6.04 Å². The summed E-state index contributed by atoms with van der Waals surface area (Å²) in [5.41, 5.74) is 1.10.